The maximum Gasteiger partial charge on any atom is 0.323 e. The van der Waals surface area contributed by atoms with E-state index in [4.69, 9.17) is 0 Å². The highest BCUT2D eigenvalue weighted by molar-refractivity contribution is 9.10. The minimum atomic E-state index is -0.205. The van der Waals surface area contributed by atoms with Crippen LogP contribution >= 0.6 is 15.9 Å². The van der Waals surface area contributed by atoms with E-state index in [-0.39, 0.29) is 11.7 Å². The van der Waals surface area contributed by atoms with Gasteiger partial charge in [0.25, 0.3) is 0 Å². The lowest BCUT2D eigenvalue weighted by Gasteiger charge is -2.16. The Labute approximate surface area is 123 Å². The normalized spacial score (nSPS) is 12.8. The summed E-state index contributed by atoms with van der Waals surface area (Å²) >= 11 is 3.52. The second-order valence-corrected chi connectivity index (χ2v) is 5.56. The smallest absolute Gasteiger partial charge is 0.323 e. The molecule has 0 radical (unpaired) electrons. The molecule has 1 atom stereocenters. The monoisotopic (exact) mass is 335 g/mol. The van der Waals surface area contributed by atoms with Crippen LogP contribution in [0.4, 0.5) is 5.69 Å². The minimum absolute atomic E-state index is 0.0990. The van der Waals surface area contributed by atoms with Crippen molar-refractivity contribution >= 4 is 32.7 Å². The number of aromatic nitrogens is 4. The first kappa shape index (κ1) is 13.0. The van der Waals surface area contributed by atoms with Crippen molar-refractivity contribution in [2.24, 2.45) is 7.05 Å². The lowest BCUT2D eigenvalue weighted by molar-refractivity contribution is 0.675. The third kappa shape index (κ3) is 2.24. The van der Waals surface area contributed by atoms with Gasteiger partial charge in [0.15, 0.2) is 0 Å². The number of hydrogen-bond donors (Lipinski definition) is 3. The van der Waals surface area contributed by atoms with Gasteiger partial charge in [-0.2, -0.15) is 5.10 Å². The summed E-state index contributed by atoms with van der Waals surface area (Å²) in [7, 11) is 1.91. The van der Waals surface area contributed by atoms with Gasteiger partial charge in [0, 0.05) is 17.7 Å². The van der Waals surface area contributed by atoms with Crippen LogP contribution in [0.15, 0.2) is 33.7 Å². The van der Waals surface area contributed by atoms with Crippen LogP contribution in [-0.2, 0) is 7.05 Å². The van der Waals surface area contributed by atoms with Gasteiger partial charge in [-0.3, -0.25) is 4.68 Å². The molecule has 0 bridgehead atoms. The molecule has 3 aromatic rings. The zero-order valence-electron chi connectivity index (χ0n) is 11.1. The summed E-state index contributed by atoms with van der Waals surface area (Å²) < 4.78 is 2.73. The van der Waals surface area contributed by atoms with Crippen molar-refractivity contribution in [2.45, 2.75) is 13.0 Å². The number of rotatable bonds is 3. The summed E-state index contributed by atoms with van der Waals surface area (Å²) in [5.74, 6) is 0. The fourth-order valence-corrected chi connectivity index (χ4v) is 2.74. The Morgan fingerprint density at radius 1 is 1.35 bits per heavy atom. The molecule has 0 saturated carbocycles. The van der Waals surface area contributed by atoms with E-state index in [0.717, 1.165) is 26.9 Å². The molecule has 0 aliphatic rings. The zero-order chi connectivity index (χ0) is 14.3. The Bertz CT molecular complexity index is 816. The van der Waals surface area contributed by atoms with E-state index in [0.29, 0.717) is 0 Å². The largest absolute Gasteiger partial charge is 0.376 e. The van der Waals surface area contributed by atoms with Crippen LogP contribution in [0.25, 0.3) is 11.0 Å². The summed E-state index contributed by atoms with van der Waals surface area (Å²) in [6.07, 6.45) is 1.77. The predicted octanol–water partition coefficient (Wildman–Crippen LogP) is 2.53. The van der Waals surface area contributed by atoms with Gasteiger partial charge in [0.2, 0.25) is 0 Å². The van der Waals surface area contributed by atoms with Gasteiger partial charge in [-0.05, 0) is 41.1 Å². The fraction of sp³-hybridized carbons (Fsp3) is 0.231. The zero-order valence-corrected chi connectivity index (χ0v) is 12.7. The Kier molecular flexibility index (Phi) is 3.13. The predicted molar refractivity (Wildman–Crippen MR) is 81.9 cm³/mol. The van der Waals surface area contributed by atoms with Gasteiger partial charge in [-0.25, -0.2) is 4.79 Å². The highest BCUT2D eigenvalue weighted by atomic mass is 79.9. The third-order valence-electron chi connectivity index (χ3n) is 3.28. The van der Waals surface area contributed by atoms with Crippen LogP contribution in [0.3, 0.4) is 0 Å². The van der Waals surface area contributed by atoms with E-state index in [9.17, 15) is 4.79 Å². The van der Waals surface area contributed by atoms with Gasteiger partial charge in [0.1, 0.15) is 0 Å². The van der Waals surface area contributed by atoms with Crippen LogP contribution in [0.5, 0.6) is 0 Å². The first-order chi connectivity index (χ1) is 9.54. The van der Waals surface area contributed by atoms with Crippen LogP contribution in [0.2, 0.25) is 0 Å². The lowest BCUT2D eigenvalue weighted by Crippen LogP contribution is -2.11. The highest BCUT2D eigenvalue weighted by Crippen LogP contribution is 2.29. The van der Waals surface area contributed by atoms with E-state index in [1.807, 2.05) is 29.9 Å². The molecular formula is C13H14BrN5O. The van der Waals surface area contributed by atoms with Crippen LogP contribution in [-0.4, -0.2) is 19.7 Å². The molecule has 7 heteroatoms. The van der Waals surface area contributed by atoms with Gasteiger partial charge in [0.05, 0.1) is 28.5 Å². The molecule has 104 valence electrons. The lowest BCUT2D eigenvalue weighted by atomic mass is 10.2. The number of anilines is 1. The van der Waals surface area contributed by atoms with Gasteiger partial charge in [-0.1, -0.05) is 0 Å². The quantitative estimate of drug-likeness (QED) is 0.688. The molecule has 1 aromatic carbocycles. The van der Waals surface area contributed by atoms with Crippen molar-refractivity contribution in [3.63, 3.8) is 0 Å². The maximum absolute atomic E-state index is 11.3. The van der Waals surface area contributed by atoms with Crippen molar-refractivity contribution in [3.05, 3.63) is 45.0 Å². The topological polar surface area (TPSA) is 78.5 Å². The molecule has 0 amide bonds. The number of nitrogens with zero attached hydrogens (tertiary/aromatic N) is 2. The number of fused-ring (bicyclic) bond motifs is 1. The highest BCUT2D eigenvalue weighted by Gasteiger charge is 2.12. The number of imidazole rings is 1. The number of halogens is 1. The SMILES string of the molecule is CC(Nc1cc2[nH]c(=O)[nH]c2cc1Br)c1ccnn1C. The van der Waals surface area contributed by atoms with Gasteiger partial charge in [-0.15, -0.1) is 0 Å². The van der Waals surface area contributed by atoms with Crippen LogP contribution in [0.1, 0.15) is 18.7 Å². The molecule has 3 rings (SSSR count). The summed E-state index contributed by atoms with van der Waals surface area (Å²) in [4.78, 5) is 16.8. The third-order valence-corrected chi connectivity index (χ3v) is 3.93. The van der Waals surface area contributed by atoms with E-state index in [1.165, 1.54) is 0 Å². The van der Waals surface area contributed by atoms with Crippen molar-refractivity contribution in [3.8, 4) is 0 Å². The Balaban J connectivity index is 1.96. The number of aromatic amines is 2. The van der Waals surface area contributed by atoms with Crippen LogP contribution < -0.4 is 11.0 Å². The molecule has 0 spiro atoms. The Morgan fingerprint density at radius 2 is 2.05 bits per heavy atom. The molecule has 6 nitrogen and oxygen atoms in total. The average Bonchev–Trinajstić information content (AvgIpc) is 2.94. The van der Waals surface area contributed by atoms with Gasteiger partial charge < -0.3 is 15.3 Å². The second-order valence-electron chi connectivity index (χ2n) is 4.70. The van der Waals surface area contributed by atoms with E-state index < -0.39 is 0 Å². The van der Waals surface area contributed by atoms with Crippen molar-refractivity contribution in [2.75, 3.05) is 5.32 Å². The Morgan fingerprint density at radius 3 is 2.70 bits per heavy atom. The minimum Gasteiger partial charge on any atom is -0.376 e. The number of H-pyrrole nitrogens is 2. The van der Waals surface area contributed by atoms with Gasteiger partial charge >= 0.3 is 5.69 Å². The molecule has 0 aliphatic carbocycles. The number of benzene rings is 1. The standard InChI is InChI=1S/C13H14BrN5O/c1-7(12-3-4-15-19(12)2)16-9-6-11-10(5-8(9)14)17-13(20)18-11/h3-7,16H,1-2H3,(H2,17,18,20). The maximum atomic E-state index is 11.3. The number of nitrogens with one attached hydrogen (secondary N) is 3. The van der Waals surface area contributed by atoms with Crippen molar-refractivity contribution in [1.82, 2.24) is 19.7 Å². The van der Waals surface area contributed by atoms with Crippen molar-refractivity contribution < 1.29 is 0 Å². The summed E-state index contributed by atoms with van der Waals surface area (Å²) in [6.45, 7) is 2.06. The molecule has 0 fully saturated rings. The first-order valence-corrected chi connectivity index (χ1v) is 7.00. The molecule has 0 saturated heterocycles. The average molecular weight is 336 g/mol. The molecular weight excluding hydrogens is 322 g/mol. The molecule has 3 N–H and O–H groups in total. The summed E-state index contributed by atoms with van der Waals surface area (Å²) in [6, 6.07) is 5.86. The molecule has 1 unspecified atom stereocenters. The van der Waals surface area contributed by atoms with Crippen LogP contribution in [0, 0.1) is 0 Å². The fourth-order valence-electron chi connectivity index (χ4n) is 2.28. The first-order valence-electron chi connectivity index (χ1n) is 6.20. The number of hydrogen-bond acceptors (Lipinski definition) is 3. The van der Waals surface area contributed by atoms with E-state index in [2.05, 4.69) is 43.2 Å². The molecule has 2 heterocycles. The second kappa shape index (κ2) is 4.82. The summed E-state index contributed by atoms with van der Waals surface area (Å²) in [5, 5.41) is 7.58. The van der Waals surface area contributed by atoms with Crippen molar-refractivity contribution in [1.29, 1.82) is 0 Å². The number of aryl methyl sites for hydroxylation is 1. The van der Waals surface area contributed by atoms with E-state index >= 15 is 0 Å². The van der Waals surface area contributed by atoms with E-state index in [1.54, 1.807) is 6.20 Å². The molecule has 2 aromatic heterocycles. The summed E-state index contributed by atoms with van der Waals surface area (Å²) in [5.41, 5.74) is 3.35. The Hall–Kier alpha value is -2.02. The molecule has 20 heavy (non-hydrogen) atoms. The molecule has 0 aliphatic heterocycles.